The molecule has 0 radical (unpaired) electrons. The van der Waals surface area contributed by atoms with Crippen LogP contribution < -0.4 is 20.7 Å². The number of nitrogens with one attached hydrogen (secondary N) is 3. The van der Waals surface area contributed by atoms with E-state index in [1.54, 1.807) is 7.11 Å². The lowest BCUT2D eigenvalue weighted by molar-refractivity contribution is -0.139. The van der Waals surface area contributed by atoms with Crippen LogP contribution in [0.4, 0.5) is 5.69 Å². The normalized spacial score (nSPS) is 30.2. The molecule has 1 aliphatic heterocycles. The van der Waals surface area contributed by atoms with E-state index in [4.69, 9.17) is 4.74 Å². The van der Waals surface area contributed by atoms with E-state index in [1.807, 2.05) is 48.5 Å². The van der Waals surface area contributed by atoms with Gasteiger partial charge in [-0.1, -0.05) is 31.2 Å². The Balaban J connectivity index is 1.25. The van der Waals surface area contributed by atoms with Gasteiger partial charge < -0.3 is 20.7 Å². The van der Waals surface area contributed by atoms with E-state index in [0.29, 0.717) is 12.1 Å². The number of benzene rings is 2. The molecule has 0 aromatic heterocycles. The first-order valence-corrected chi connectivity index (χ1v) is 11.5. The summed E-state index contributed by atoms with van der Waals surface area (Å²) in [5.41, 5.74) is 2.16. The van der Waals surface area contributed by atoms with Gasteiger partial charge in [-0.05, 0) is 67.3 Å². The average molecular weight is 434 g/mol. The summed E-state index contributed by atoms with van der Waals surface area (Å²) in [6.45, 7) is 2.84. The van der Waals surface area contributed by atoms with Crippen molar-refractivity contribution in [1.82, 2.24) is 10.6 Å². The quantitative estimate of drug-likeness (QED) is 0.671. The van der Waals surface area contributed by atoms with E-state index in [9.17, 15) is 9.59 Å². The molecule has 2 aromatic rings. The molecule has 168 valence electrons. The molecule has 2 bridgehead atoms. The van der Waals surface area contributed by atoms with Crippen LogP contribution in [0, 0.1) is 17.3 Å². The first-order valence-electron chi connectivity index (χ1n) is 11.5. The van der Waals surface area contributed by atoms with Crippen LogP contribution in [-0.2, 0) is 11.2 Å². The Bertz CT molecular complexity index is 1040. The molecule has 0 saturated heterocycles. The molecule has 6 heteroatoms. The van der Waals surface area contributed by atoms with Crippen LogP contribution in [0.2, 0.25) is 0 Å². The topological polar surface area (TPSA) is 79.5 Å². The molecule has 3 aliphatic carbocycles. The first kappa shape index (κ1) is 20.9. The van der Waals surface area contributed by atoms with Crippen LogP contribution in [0.3, 0.4) is 0 Å². The zero-order valence-corrected chi connectivity index (χ0v) is 18.7. The van der Waals surface area contributed by atoms with Gasteiger partial charge in [-0.2, -0.15) is 0 Å². The number of ether oxygens (including phenoxy) is 1. The Morgan fingerprint density at radius 3 is 2.69 bits per heavy atom. The third-order valence-electron chi connectivity index (χ3n) is 7.86. The lowest BCUT2D eigenvalue weighted by atomic mass is 9.51. The summed E-state index contributed by atoms with van der Waals surface area (Å²) in [4.78, 5) is 26.0. The standard InChI is InChI=1S/C26H31N3O3/c1-25-13-11-18(26(16-25)28-22-6-4-3-5-20(22)23(30)29-26)15-21(25)24(31)27-14-12-17-7-9-19(32-2)10-8-17/h3-10,18,21,28H,11-16H2,1-2H3,(H,27,31)(H,29,30)/t18-,21-,25-,26+/m1/s1. The second-order valence-electron chi connectivity index (χ2n) is 9.84. The van der Waals surface area contributed by atoms with Crippen LogP contribution >= 0.6 is 0 Å². The lowest BCUT2D eigenvalue weighted by Gasteiger charge is -2.60. The molecule has 2 aromatic carbocycles. The van der Waals surface area contributed by atoms with Crippen LogP contribution in [0.25, 0.3) is 0 Å². The van der Waals surface area contributed by atoms with E-state index in [0.717, 1.165) is 43.5 Å². The van der Waals surface area contributed by atoms with Crippen LogP contribution in [-0.4, -0.2) is 31.1 Å². The number of rotatable bonds is 5. The Morgan fingerprint density at radius 2 is 1.94 bits per heavy atom. The van der Waals surface area contributed by atoms with Gasteiger partial charge in [0.05, 0.1) is 12.7 Å². The zero-order chi connectivity index (χ0) is 22.3. The number of carbonyl (C=O) groups excluding carboxylic acids is 2. The number of hydrogen-bond acceptors (Lipinski definition) is 4. The number of amides is 2. The Morgan fingerprint density at radius 1 is 1.16 bits per heavy atom. The molecule has 3 fully saturated rings. The molecular weight excluding hydrogens is 402 g/mol. The van der Waals surface area contributed by atoms with Crippen molar-refractivity contribution >= 4 is 17.5 Å². The van der Waals surface area contributed by atoms with Crippen molar-refractivity contribution in [2.24, 2.45) is 17.3 Å². The number of carbonyl (C=O) groups is 2. The first-order chi connectivity index (χ1) is 15.4. The van der Waals surface area contributed by atoms with Crippen molar-refractivity contribution in [2.45, 2.75) is 44.7 Å². The largest absolute Gasteiger partial charge is 0.497 e. The van der Waals surface area contributed by atoms with Crippen molar-refractivity contribution in [1.29, 1.82) is 0 Å². The van der Waals surface area contributed by atoms with Gasteiger partial charge in [0.25, 0.3) is 5.91 Å². The highest BCUT2D eigenvalue weighted by Crippen LogP contribution is 2.58. The van der Waals surface area contributed by atoms with E-state index in [-0.39, 0.29) is 29.1 Å². The maximum absolute atomic E-state index is 13.2. The van der Waals surface area contributed by atoms with Gasteiger partial charge >= 0.3 is 0 Å². The van der Waals surface area contributed by atoms with Gasteiger partial charge in [0.15, 0.2) is 0 Å². The monoisotopic (exact) mass is 433 g/mol. The third-order valence-corrected chi connectivity index (χ3v) is 7.86. The van der Waals surface area contributed by atoms with Gasteiger partial charge in [0.2, 0.25) is 5.91 Å². The molecule has 32 heavy (non-hydrogen) atoms. The van der Waals surface area contributed by atoms with E-state index in [1.165, 1.54) is 5.56 Å². The van der Waals surface area contributed by atoms with Crippen molar-refractivity contribution in [3.63, 3.8) is 0 Å². The van der Waals surface area contributed by atoms with Gasteiger partial charge in [0, 0.05) is 24.1 Å². The smallest absolute Gasteiger partial charge is 0.255 e. The van der Waals surface area contributed by atoms with Gasteiger partial charge in [-0.15, -0.1) is 0 Å². The minimum absolute atomic E-state index is 0.0176. The summed E-state index contributed by atoms with van der Waals surface area (Å²) in [6, 6.07) is 15.6. The van der Waals surface area contributed by atoms with Crippen molar-refractivity contribution < 1.29 is 14.3 Å². The van der Waals surface area contributed by atoms with Crippen molar-refractivity contribution in [3.8, 4) is 5.75 Å². The van der Waals surface area contributed by atoms with Crippen molar-refractivity contribution in [3.05, 3.63) is 59.7 Å². The second kappa shape index (κ2) is 7.84. The minimum Gasteiger partial charge on any atom is -0.497 e. The predicted molar refractivity (Wildman–Crippen MR) is 124 cm³/mol. The van der Waals surface area contributed by atoms with E-state index in [2.05, 4.69) is 22.9 Å². The summed E-state index contributed by atoms with van der Waals surface area (Å²) in [5, 5.41) is 10.1. The van der Waals surface area contributed by atoms with Crippen molar-refractivity contribution in [2.75, 3.05) is 19.0 Å². The molecule has 2 amide bonds. The number of fused-ring (bicyclic) bond motifs is 3. The number of anilines is 1. The lowest BCUT2D eigenvalue weighted by Crippen LogP contribution is -2.70. The highest BCUT2D eigenvalue weighted by molar-refractivity contribution is 6.02. The van der Waals surface area contributed by atoms with Gasteiger partial charge in [0.1, 0.15) is 11.4 Å². The molecule has 0 unspecified atom stereocenters. The molecular formula is C26H31N3O3. The number of methoxy groups -OCH3 is 1. The fourth-order valence-electron chi connectivity index (χ4n) is 6.10. The summed E-state index contributed by atoms with van der Waals surface area (Å²) in [6.07, 6.45) is 4.37. The summed E-state index contributed by atoms with van der Waals surface area (Å²) in [7, 11) is 1.66. The summed E-state index contributed by atoms with van der Waals surface area (Å²) >= 11 is 0. The molecule has 6 rings (SSSR count). The highest BCUT2D eigenvalue weighted by Gasteiger charge is 2.60. The van der Waals surface area contributed by atoms with E-state index < -0.39 is 5.66 Å². The number of hydrogen-bond donors (Lipinski definition) is 3. The van der Waals surface area contributed by atoms with Crippen LogP contribution in [0.1, 0.15) is 48.5 Å². The van der Waals surface area contributed by atoms with Gasteiger partial charge in [-0.25, -0.2) is 0 Å². The molecule has 6 nitrogen and oxygen atoms in total. The Labute approximate surface area is 189 Å². The van der Waals surface area contributed by atoms with E-state index >= 15 is 0 Å². The predicted octanol–water partition coefficient (Wildman–Crippen LogP) is 3.73. The molecule has 3 saturated carbocycles. The second-order valence-corrected chi connectivity index (χ2v) is 9.84. The Hall–Kier alpha value is -3.02. The van der Waals surface area contributed by atoms with Gasteiger partial charge in [-0.3, -0.25) is 9.59 Å². The third kappa shape index (κ3) is 3.51. The fourth-order valence-corrected chi connectivity index (χ4v) is 6.10. The van der Waals surface area contributed by atoms with Crippen LogP contribution in [0.5, 0.6) is 5.75 Å². The van der Waals surface area contributed by atoms with Crippen LogP contribution in [0.15, 0.2) is 48.5 Å². The highest BCUT2D eigenvalue weighted by atomic mass is 16.5. The Kier molecular flexibility index (Phi) is 5.11. The molecule has 3 N–H and O–H groups in total. The zero-order valence-electron chi connectivity index (χ0n) is 18.7. The molecule has 1 heterocycles. The number of para-hydroxylation sites is 1. The maximum atomic E-state index is 13.2. The SMILES string of the molecule is COc1ccc(CCNC(=O)[C@H]2C[C@H]3CC[C@]2(C)C[C@]32NC(=O)c3ccccc3N2)cc1. The average Bonchev–Trinajstić information content (AvgIpc) is 2.79. The molecule has 1 spiro atoms. The minimum atomic E-state index is -0.460. The molecule has 4 atom stereocenters. The molecule has 4 aliphatic rings. The fraction of sp³-hybridized carbons (Fsp3) is 0.462. The summed E-state index contributed by atoms with van der Waals surface area (Å²) < 4.78 is 5.20. The maximum Gasteiger partial charge on any atom is 0.255 e. The summed E-state index contributed by atoms with van der Waals surface area (Å²) in [5.74, 6) is 1.17.